The Balaban J connectivity index is 1.71. The molecule has 142 valence electrons. The number of methoxy groups -OCH3 is 1. The third-order valence-electron chi connectivity index (χ3n) is 4.72. The van der Waals surface area contributed by atoms with Gasteiger partial charge in [-0.15, -0.1) is 0 Å². The van der Waals surface area contributed by atoms with Crippen molar-refractivity contribution in [3.63, 3.8) is 0 Å². The second-order valence-electron chi connectivity index (χ2n) is 6.60. The number of likely N-dealkylation sites (N-methyl/N-ethyl adjacent to an activating group) is 1. The van der Waals surface area contributed by atoms with Crippen LogP contribution in [-0.2, 0) is 0 Å². The van der Waals surface area contributed by atoms with Gasteiger partial charge in [0.1, 0.15) is 5.75 Å². The first-order valence-corrected chi connectivity index (χ1v) is 9.03. The molecular weight excluding hydrogens is 356 g/mol. The van der Waals surface area contributed by atoms with Crippen LogP contribution in [0.1, 0.15) is 21.8 Å². The number of aromatic nitrogens is 2. The molecule has 1 aliphatic heterocycles. The molecule has 7 nitrogen and oxygen atoms in total. The first-order chi connectivity index (χ1) is 13.7. The van der Waals surface area contributed by atoms with E-state index in [9.17, 15) is 4.79 Å². The number of oxazole rings is 1. The maximum Gasteiger partial charge on any atom is 0.274 e. The standard InChI is InChI=1S/C21H20N4O3/c1-24-10-12-25(13-11-24)21(26)16-6-7-17(27-2)19-20(16)28-18(23-19)8-5-15-4-3-9-22-14-15/h3-4,6-7,9,14H,10-13H2,1-2H3. The molecule has 2 aromatic heterocycles. The molecule has 0 atom stereocenters. The summed E-state index contributed by atoms with van der Waals surface area (Å²) in [4.78, 5) is 25.6. The minimum Gasteiger partial charge on any atom is -0.494 e. The quantitative estimate of drug-likeness (QED) is 0.637. The van der Waals surface area contributed by atoms with Crippen LogP contribution in [0, 0.1) is 11.8 Å². The number of ether oxygens (including phenoxy) is 1. The van der Waals surface area contributed by atoms with Crippen LogP contribution < -0.4 is 4.74 Å². The summed E-state index contributed by atoms with van der Waals surface area (Å²) >= 11 is 0. The van der Waals surface area contributed by atoms with E-state index >= 15 is 0 Å². The summed E-state index contributed by atoms with van der Waals surface area (Å²) in [6.07, 6.45) is 3.35. The van der Waals surface area contributed by atoms with E-state index in [-0.39, 0.29) is 11.8 Å². The molecule has 0 unspecified atom stereocenters. The van der Waals surface area contributed by atoms with E-state index in [1.165, 1.54) is 0 Å². The van der Waals surface area contributed by atoms with Crippen LogP contribution in [0.3, 0.4) is 0 Å². The molecule has 3 heterocycles. The lowest BCUT2D eigenvalue weighted by Gasteiger charge is -2.32. The maximum absolute atomic E-state index is 13.0. The molecule has 0 bridgehead atoms. The monoisotopic (exact) mass is 376 g/mol. The Labute approximate surface area is 162 Å². The van der Waals surface area contributed by atoms with Gasteiger partial charge in [0.15, 0.2) is 11.1 Å². The van der Waals surface area contributed by atoms with Crippen molar-refractivity contribution in [1.29, 1.82) is 0 Å². The van der Waals surface area contributed by atoms with Crippen molar-refractivity contribution >= 4 is 17.0 Å². The van der Waals surface area contributed by atoms with Gasteiger partial charge < -0.3 is 19.0 Å². The minimum absolute atomic E-state index is 0.0660. The van der Waals surface area contributed by atoms with Gasteiger partial charge in [0.05, 0.1) is 12.7 Å². The molecular formula is C21H20N4O3. The summed E-state index contributed by atoms with van der Waals surface area (Å²) in [5.41, 5.74) is 2.13. The molecule has 0 radical (unpaired) electrons. The smallest absolute Gasteiger partial charge is 0.274 e. The van der Waals surface area contributed by atoms with Gasteiger partial charge in [0.25, 0.3) is 11.8 Å². The van der Waals surface area contributed by atoms with Crippen LogP contribution in [0.2, 0.25) is 0 Å². The van der Waals surface area contributed by atoms with Crippen LogP contribution in [0.5, 0.6) is 5.75 Å². The Morgan fingerprint density at radius 1 is 1.18 bits per heavy atom. The van der Waals surface area contributed by atoms with Gasteiger partial charge in [0.2, 0.25) is 0 Å². The number of carbonyl (C=O) groups is 1. The van der Waals surface area contributed by atoms with Crippen molar-refractivity contribution in [2.45, 2.75) is 0 Å². The van der Waals surface area contributed by atoms with E-state index in [1.54, 1.807) is 31.6 Å². The van der Waals surface area contributed by atoms with Crippen LogP contribution in [0.25, 0.3) is 11.1 Å². The van der Waals surface area contributed by atoms with Crippen LogP contribution in [-0.4, -0.2) is 66.0 Å². The van der Waals surface area contributed by atoms with E-state index in [4.69, 9.17) is 9.15 Å². The number of benzene rings is 1. The summed E-state index contributed by atoms with van der Waals surface area (Å²) in [6, 6.07) is 7.13. The third kappa shape index (κ3) is 3.55. The van der Waals surface area contributed by atoms with Gasteiger partial charge in [-0.2, -0.15) is 4.98 Å². The number of nitrogens with zero attached hydrogens (tertiary/aromatic N) is 4. The topological polar surface area (TPSA) is 71.7 Å². The average molecular weight is 376 g/mol. The van der Waals surface area contributed by atoms with E-state index in [1.807, 2.05) is 17.0 Å². The Hall–Kier alpha value is -3.37. The molecule has 4 rings (SSSR count). The van der Waals surface area contributed by atoms with Crippen molar-refractivity contribution in [3.05, 3.63) is 53.7 Å². The lowest BCUT2D eigenvalue weighted by atomic mass is 10.1. The lowest BCUT2D eigenvalue weighted by Crippen LogP contribution is -2.47. The first-order valence-electron chi connectivity index (χ1n) is 9.03. The molecule has 0 saturated carbocycles. The fourth-order valence-electron chi connectivity index (χ4n) is 3.11. The molecule has 3 aromatic rings. The highest BCUT2D eigenvalue weighted by Crippen LogP contribution is 2.29. The SMILES string of the molecule is COc1ccc(C(=O)N2CCN(C)CC2)c2oc(C#Cc3cccnc3)nc12. The molecule has 1 saturated heterocycles. The largest absolute Gasteiger partial charge is 0.494 e. The predicted octanol–water partition coefficient (Wildman–Crippen LogP) is 2.02. The van der Waals surface area contributed by atoms with E-state index in [0.29, 0.717) is 35.5 Å². The van der Waals surface area contributed by atoms with Crippen molar-refractivity contribution in [1.82, 2.24) is 19.8 Å². The number of piperazine rings is 1. The highest BCUT2D eigenvalue weighted by atomic mass is 16.5. The zero-order valence-electron chi connectivity index (χ0n) is 15.8. The Kier molecular flexibility index (Phi) is 4.96. The third-order valence-corrected chi connectivity index (χ3v) is 4.72. The number of rotatable bonds is 2. The Morgan fingerprint density at radius 3 is 2.71 bits per heavy atom. The first kappa shape index (κ1) is 18.0. The average Bonchev–Trinajstić information content (AvgIpc) is 3.16. The predicted molar refractivity (Wildman–Crippen MR) is 104 cm³/mol. The minimum atomic E-state index is -0.0660. The molecule has 28 heavy (non-hydrogen) atoms. The molecule has 1 fully saturated rings. The zero-order valence-corrected chi connectivity index (χ0v) is 15.8. The van der Waals surface area contributed by atoms with Gasteiger partial charge in [-0.3, -0.25) is 9.78 Å². The summed E-state index contributed by atoms with van der Waals surface area (Å²) in [5.74, 6) is 6.57. The van der Waals surface area contributed by atoms with Crippen LogP contribution in [0.15, 0.2) is 41.1 Å². The summed E-state index contributed by atoms with van der Waals surface area (Å²) < 4.78 is 11.2. The van der Waals surface area contributed by atoms with Crippen LogP contribution in [0.4, 0.5) is 0 Å². The van der Waals surface area contributed by atoms with E-state index < -0.39 is 0 Å². The van der Waals surface area contributed by atoms with Crippen molar-refractivity contribution in [2.24, 2.45) is 0 Å². The highest BCUT2D eigenvalue weighted by molar-refractivity contribution is 6.05. The molecule has 1 aromatic carbocycles. The molecule has 7 heteroatoms. The zero-order chi connectivity index (χ0) is 19.5. The van der Waals surface area contributed by atoms with Gasteiger partial charge in [-0.25, -0.2) is 0 Å². The number of carbonyl (C=O) groups excluding carboxylic acids is 1. The molecule has 0 N–H and O–H groups in total. The molecule has 1 amide bonds. The van der Waals surface area contributed by atoms with Gasteiger partial charge in [0, 0.05) is 44.1 Å². The Morgan fingerprint density at radius 2 is 2.00 bits per heavy atom. The normalized spacial score (nSPS) is 14.6. The fourth-order valence-corrected chi connectivity index (χ4v) is 3.11. The second-order valence-corrected chi connectivity index (χ2v) is 6.60. The number of amides is 1. The fraction of sp³-hybridized carbons (Fsp3) is 0.286. The number of pyridine rings is 1. The highest BCUT2D eigenvalue weighted by Gasteiger charge is 2.25. The van der Waals surface area contributed by atoms with Crippen molar-refractivity contribution in [2.75, 3.05) is 40.3 Å². The molecule has 1 aliphatic rings. The van der Waals surface area contributed by atoms with E-state index in [0.717, 1.165) is 18.7 Å². The van der Waals surface area contributed by atoms with Gasteiger partial charge in [-0.05, 0) is 37.2 Å². The molecule has 0 aliphatic carbocycles. The van der Waals surface area contributed by atoms with Crippen LogP contribution >= 0.6 is 0 Å². The van der Waals surface area contributed by atoms with E-state index in [2.05, 4.69) is 33.8 Å². The van der Waals surface area contributed by atoms with Crippen molar-refractivity contribution in [3.8, 4) is 17.6 Å². The van der Waals surface area contributed by atoms with Crippen molar-refractivity contribution < 1.29 is 13.9 Å². The summed E-state index contributed by atoms with van der Waals surface area (Å²) in [6.45, 7) is 3.07. The Bertz CT molecular complexity index is 1060. The van der Waals surface area contributed by atoms with Gasteiger partial charge in [-0.1, -0.05) is 5.92 Å². The van der Waals surface area contributed by atoms with Gasteiger partial charge >= 0.3 is 0 Å². The lowest BCUT2D eigenvalue weighted by molar-refractivity contribution is 0.0665. The summed E-state index contributed by atoms with van der Waals surface area (Å²) in [5, 5.41) is 0. The molecule has 0 spiro atoms. The number of hydrogen-bond acceptors (Lipinski definition) is 6. The summed E-state index contributed by atoms with van der Waals surface area (Å²) in [7, 11) is 3.61. The number of fused-ring (bicyclic) bond motifs is 1. The maximum atomic E-state index is 13.0. The number of hydrogen-bond donors (Lipinski definition) is 0. The second kappa shape index (κ2) is 7.71.